The van der Waals surface area contributed by atoms with E-state index in [1.807, 2.05) is 36.4 Å². The summed E-state index contributed by atoms with van der Waals surface area (Å²) < 4.78 is 38.5. The molecule has 0 unspecified atom stereocenters. The smallest absolute Gasteiger partial charge is 0.338 e. The number of nitro benzene ring substituents is 1. The number of carbonyl (C=O) groups is 8. The van der Waals surface area contributed by atoms with E-state index in [2.05, 4.69) is 40.7 Å². The predicted molar refractivity (Wildman–Crippen MR) is 383 cm³/mol. The van der Waals surface area contributed by atoms with Crippen LogP contribution in [0.5, 0.6) is 0 Å². The molecule has 4 aliphatic carbocycles. The van der Waals surface area contributed by atoms with Gasteiger partial charge in [0.15, 0.2) is 5.78 Å². The monoisotopic (exact) mass is 1430 g/mol. The summed E-state index contributed by atoms with van der Waals surface area (Å²) in [4.78, 5) is 106. The van der Waals surface area contributed by atoms with Crippen LogP contribution in [0.2, 0.25) is 0 Å². The Kier molecular flexibility index (Phi) is 31.9. The van der Waals surface area contributed by atoms with Crippen molar-refractivity contribution in [2.75, 3.05) is 0 Å². The molecule has 8 aliphatic rings. The SMILES string of the molecule is CCCCCC(=O)/C=C/[C@@H]1[C@H]2CC(=O)O[C@H]2C[C@H]1OC(=O)c1ccccc1.CCCCC[C@@H](/C=C/[C@@H]1[C@H]2CC(=O)O[C@H]2C[C@H]1C)OC(=O)c1ccc([N+](=O)[O-])cc1.CCCCC[C@H](O)/C=C/[C@@H]1[C@H]2CC(=O)O[C@H]2C[C@H]1O.CCCCC[C@H](O)/C=C/[C@@H]1[C@H]2CC(=O)O[C@H]2C[C@H]1OC(=O)c1ccccc1. The first-order valence-corrected chi connectivity index (χ1v) is 37.7. The maximum Gasteiger partial charge on any atom is 0.338 e. The second kappa shape index (κ2) is 40.8. The lowest BCUT2D eigenvalue weighted by Crippen LogP contribution is -2.25. The number of unbranched alkanes of at least 4 members (excludes halogenated alkanes) is 8. The van der Waals surface area contributed by atoms with Gasteiger partial charge in [0, 0.05) is 79.2 Å². The van der Waals surface area contributed by atoms with Gasteiger partial charge in [-0.2, -0.15) is 0 Å². The maximum atomic E-state index is 12.6. The highest BCUT2D eigenvalue weighted by Gasteiger charge is 2.53. The Hall–Kier alpha value is -8.14. The number of ketones is 1. The average molecular weight is 1430 g/mol. The lowest BCUT2D eigenvalue weighted by atomic mass is 9.88. The van der Waals surface area contributed by atoms with Crippen molar-refractivity contribution in [3.63, 3.8) is 0 Å². The van der Waals surface area contributed by atoms with Crippen molar-refractivity contribution in [3.05, 3.63) is 160 Å². The van der Waals surface area contributed by atoms with Crippen molar-refractivity contribution in [1.82, 2.24) is 0 Å². The number of benzene rings is 3. The summed E-state index contributed by atoms with van der Waals surface area (Å²) in [5.41, 5.74) is 1.22. The highest BCUT2D eigenvalue weighted by atomic mass is 16.6. The van der Waals surface area contributed by atoms with E-state index < -0.39 is 29.2 Å². The molecule has 4 saturated heterocycles. The fourth-order valence-corrected chi connectivity index (χ4v) is 15.6. The van der Waals surface area contributed by atoms with Gasteiger partial charge in [-0.05, 0) is 98.9 Å². The first-order valence-electron chi connectivity index (χ1n) is 37.7. The first kappa shape index (κ1) is 80.5. The quantitative estimate of drug-likeness (QED) is 0.0102. The number of esters is 7. The molecule has 560 valence electrons. The number of allylic oxidation sites excluding steroid dienone is 2. The molecule has 4 aliphatic heterocycles. The van der Waals surface area contributed by atoms with E-state index >= 15 is 0 Å². The van der Waals surface area contributed by atoms with Crippen LogP contribution in [-0.4, -0.2) is 129 Å². The van der Waals surface area contributed by atoms with E-state index in [0.29, 0.717) is 80.4 Å². The Morgan fingerprint density at radius 1 is 0.495 bits per heavy atom. The van der Waals surface area contributed by atoms with E-state index in [1.54, 1.807) is 66.8 Å². The number of nitrogens with zero attached hydrogens (tertiary/aromatic N) is 1. The number of ether oxygens (including phenoxy) is 7. The summed E-state index contributed by atoms with van der Waals surface area (Å²) in [6, 6.07) is 23.2. The summed E-state index contributed by atoms with van der Waals surface area (Å²) in [5, 5.41) is 40.8. The zero-order valence-corrected chi connectivity index (χ0v) is 60.4. The standard InChI is InChI=1S/C23H29NO6.C22H28O5.C22H26O5.C15H24O4/c1-3-4-5-6-18(29-23(26)16-7-9-17(10-8-16)24(27)28)11-12-19-15(2)13-21-20(19)14-22(25)30-21;2*1-2-3-5-10-16(23)11-12-17-18-13-21(24)26-20(18)14-19(17)27-22(25)15-8-6-4-7-9-15;1-2-3-4-5-10(16)6-7-11-12-8-15(18)19-14(12)9-13(11)17/h7-12,15,18-21H,3-6,13-14H2,1-2H3;4,6-9,11-12,16-20,23H,2-3,5,10,13-14H2,1H3;4,6-9,11-12,17-20H,2-3,5,10,13-14H2,1H3;6-7,10-14,16-17H,2-5,8-9H2,1H3/b3*12-11+;7-6+/t15-,18+,19+,20-,21+;16-,17+,18+,19+,20-;17-,18-,19-,20+;10-,11+,12+,13+,14-/m1010/s1. The second-order valence-electron chi connectivity index (χ2n) is 28.8. The van der Waals surface area contributed by atoms with Crippen molar-refractivity contribution >= 4 is 53.3 Å². The van der Waals surface area contributed by atoms with Gasteiger partial charge in [0.1, 0.15) is 42.7 Å². The molecule has 103 heavy (non-hydrogen) atoms. The third-order valence-corrected chi connectivity index (χ3v) is 21.2. The molecule has 3 aromatic rings. The largest absolute Gasteiger partial charge is 0.462 e. The third kappa shape index (κ3) is 23.9. The lowest BCUT2D eigenvalue weighted by molar-refractivity contribution is -0.384. The zero-order chi connectivity index (χ0) is 74.0. The number of carbonyl (C=O) groups excluding carboxylic acids is 8. The van der Waals surface area contributed by atoms with Gasteiger partial charge < -0.3 is 48.5 Å². The molecule has 4 heterocycles. The molecular formula is C82H107NO20. The fraction of sp³-hybridized carbons (Fsp3) is 0.585. The van der Waals surface area contributed by atoms with Crippen molar-refractivity contribution in [1.29, 1.82) is 0 Å². The summed E-state index contributed by atoms with van der Waals surface area (Å²) >= 11 is 0. The van der Waals surface area contributed by atoms with Crippen LogP contribution in [0.25, 0.3) is 0 Å². The predicted octanol–water partition coefficient (Wildman–Crippen LogP) is 14.2. The van der Waals surface area contributed by atoms with Gasteiger partial charge in [0.2, 0.25) is 0 Å². The van der Waals surface area contributed by atoms with Crippen LogP contribution in [0.15, 0.2) is 134 Å². The molecule has 0 radical (unpaired) electrons. The van der Waals surface area contributed by atoms with Crippen molar-refractivity contribution < 1.29 is 91.8 Å². The normalized spacial score (nSPS) is 28.7. The number of non-ortho nitro benzene ring substituents is 1. The first-order chi connectivity index (χ1) is 49.7. The molecule has 11 rings (SSSR count). The van der Waals surface area contributed by atoms with E-state index in [1.165, 1.54) is 24.3 Å². The summed E-state index contributed by atoms with van der Waals surface area (Å²) in [6.07, 6.45) is 30.8. The van der Waals surface area contributed by atoms with Crippen LogP contribution in [0.1, 0.15) is 220 Å². The third-order valence-electron chi connectivity index (χ3n) is 21.2. The van der Waals surface area contributed by atoms with Gasteiger partial charge in [-0.25, -0.2) is 14.4 Å². The number of hydrogen-bond acceptors (Lipinski definition) is 20. The molecule has 0 bridgehead atoms. The van der Waals surface area contributed by atoms with Gasteiger partial charge in [-0.15, -0.1) is 0 Å². The van der Waals surface area contributed by atoms with Gasteiger partial charge in [0.05, 0.1) is 65.6 Å². The minimum atomic E-state index is -0.515. The molecule has 0 aromatic heterocycles. The van der Waals surface area contributed by atoms with Gasteiger partial charge in [0.25, 0.3) is 5.69 Å². The molecule has 21 nitrogen and oxygen atoms in total. The zero-order valence-electron chi connectivity index (χ0n) is 60.4. The number of rotatable bonds is 31. The topological polar surface area (TPSA) is 305 Å². The van der Waals surface area contributed by atoms with E-state index in [0.717, 1.165) is 96.3 Å². The molecule has 0 spiro atoms. The van der Waals surface area contributed by atoms with Crippen LogP contribution >= 0.6 is 0 Å². The Labute approximate surface area is 605 Å². The summed E-state index contributed by atoms with van der Waals surface area (Å²) in [6.45, 7) is 10.6. The maximum absolute atomic E-state index is 12.6. The van der Waals surface area contributed by atoms with E-state index in [-0.39, 0.29) is 137 Å². The minimum absolute atomic E-state index is 0.00310. The molecular weight excluding hydrogens is 1320 g/mol. The number of nitro groups is 1. The second-order valence-corrected chi connectivity index (χ2v) is 28.8. The van der Waals surface area contributed by atoms with Crippen LogP contribution in [0.3, 0.4) is 0 Å². The molecule has 21 heteroatoms. The fourth-order valence-electron chi connectivity index (χ4n) is 15.6. The average Bonchev–Trinajstić information content (AvgIpc) is 1.66. The molecule has 3 aromatic carbocycles. The van der Waals surface area contributed by atoms with Gasteiger partial charge >= 0.3 is 41.8 Å². The Balaban J connectivity index is 0.000000176. The van der Waals surface area contributed by atoms with Crippen molar-refractivity contribution in [2.45, 2.75) is 250 Å². The van der Waals surface area contributed by atoms with Crippen LogP contribution in [0.4, 0.5) is 5.69 Å². The van der Waals surface area contributed by atoms with Crippen molar-refractivity contribution in [2.24, 2.45) is 53.3 Å². The minimum Gasteiger partial charge on any atom is -0.462 e. The summed E-state index contributed by atoms with van der Waals surface area (Å²) in [5.74, 6) is -1.33. The lowest BCUT2D eigenvalue weighted by Gasteiger charge is -2.20. The molecule has 3 N–H and O–H groups in total. The number of aliphatic hydroxyl groups excluding tert-OH is 3. The Morgan fingerprint density at radius 3 is 1.37 bits per heavy atom. The molecule has 4 saturated carbocycles. The van der Waals surface area contributed by atoms with Crippen LogP contribution < -0.4 is 0 Å². The van der Waals surface area contributed by atoms with Gasteiger partial charge in [-0.1, -0.05) is 172 Å². The Bertz CT molecular complexity index is 3390. The highest BCUT2D eigenvalue weighted by molar-refractivity contribution is 5.91. The van der Waals surface area contributed by atoms with E-state index in [9.17, 15) is 63.8 Å². The molecule has 8 fully saturated rings. The van der Waals surface area contributed by atoms with Crippen LogP contribution in [0, 0.1) is 63.4 Å². The van der Waals surface area contributed by atoms with E-state index in [4.69, 9.17) is 33.2 Å². The number of fused-ring (bicyclic) bond motifs is 4. The number of hydrogen-bond donors (Lipinski definition) is 3. The molecule has 19 atom stereocenters. The highest BCUT2D eigenvalue weighted by Crippen LogP contribution is 2.48. The molecule has 0 amide bonds. The van der Waals surface area contributed by atoms with Crippen molar-refractivity contribution in [3.8, 4) is 0 Å². The van der Waals surface area contributed by atoms with Crippen LogP contribution in [-0.2, 0) is 57.1 Å². The van der Waals surface area contributed by atoms with Gasteiger partial charge in [-0.3, -0.25) is 34.1 Å². The Morgan fingerprint density at radius 2 is 0.893 bits per heavy atom. The summed E-state index contributed by atoms with van der Waals surface area (Å²) in [7, 11) is 0. The number of aliphatic hydroxyl groups is 3.